The molecule has 0 unspecified atom stereocenters. The van der Waals surface area contributed by atoms with Gasteiger partial charge in [-0.1, -0.05) is 36.4 Å². The van der Waals surface area contributed by atoms with Gasteiger partial charge in [0.25, 0.3) is 0 Å². The van der Waals surface area contributed by atoms with Gasteiger partial charge in [0.05, 0.1) is 23.6 Å². The number of fused-ring (bicyclic) bond motifs is 3. The van der Waals surface area contributed by atoms with Crippen molar-refractivity contribution in [3.05, 3.63) is 83.7 Å². The van der Waals surface area contributed by atoms with Crippen molar-refractivity contribution in [1.29, 1.82) is 0 Å². The van der Waals surface area contributed by atoms with Crippen molar-refractivity contribution in [2.75, 3.05) is 25.1 Å². The van der Waals surface area contributed by atoms with Crippen LogP contribution in [0.5, 0.6) is 0 Å². The number of halogens is 1. The van der Waals surface area contributed by atoms with Gasteiger partial charge in [0, 0.05) is 25.2 Å². The number of aryl methyl sites for hydroxylation is 1. The molecule has 1 N–H and O–H groups in total. The van der Waals surface area contributed by atoms with E-state index in [2.05, 4.69) is 4.90 Å². The van der Waals surface area contributed by atoms with Crippen LogP contribution < -0.4 is 4.90 Å². The molecule has 3 aromatic rings. The maximum atomic E-state index is 13.9. The van der Waals surface area contributed by atoms with E-state index in [0.29, 0.717) is 23.4 Å². The van der Waals surface area contributed by atoms with Gasteiger partial charge in [0.15, 0.2) is 0 Å². The van der Waals surface area contributed by atoms with E-state index in [1.54, 1.807) is 22.5 Å². The van der Waals surface area contributed by atoms with Crippen LogP contribution in [0.1, 0.15) is 23.6 Å². The van der Waals surface area contributed by atoms with E-state index in [-0.39, 0.29) is 24.4 Å². The van der Waals surface area contributed by atoms with Crippen LogP contribution in [0.25, 0.3) is 11.1 Å². The molecule has 33 heavy (non-hydrogen) atoms. The lowest BCUT2D eigenvalue weighted by atomic mass is 9.81. The first-order valence-corrected chi connectivity index (χ1v) is 12.6. The van der Waals surface area contributed by atoms with Gasteiger partial charge in [-0.05, 0) is 65.9 Å². The summed E-state index contributed by atoms with van der Waals surface area (Å²) in [6, 6.07) is 18.7. The van der Waals surface area contributed by atoms with E-state index in [1.165, 1.54) is 12.1 Å². The van der Waals surface area contributed by atoms with Gasteiger partial charge < -0.3 is 10.0 Å². The molecule has 0 aliphatic carbocycles. The Morgan fingerprint density at radius 2 is 1.79 bits per heavy atom. The zero-order chi connectivity index (χ0) is 23.3. The number of hydrogen-bond acceptors (Lipinski definition) is 4. The average molecular weight is 467 g/mol. The zero-order valence-electron chi connectivity index (χ0n) is 18.6. The molecular weight excluding hydrogens is 439 g/mol. The fraction of sp³-hybridized carbons (Fsp3) is 0.308. The molecule has 2 aliphatic rings. The molecule has 7 heteroatoms. The second-order valence-corrected chi connectivity index (χ2v) is 10.8. The van der Waals surface area contributed by atoms with Gasteiger partial charge in [0.2, 0.25) is 10.0 Å². The highest BCUT2D eigenvalue weighted by molar-refractivity contribution is 7.89. The van der Waals surface area contributed by atoms with Crippen LogP contribution in [-0.4, -0.2) is 44.1 Å². The van der Waals surface area contributed by atoms with Crippen molar-refractivity contribution in [2.45, 2.75) is 30.3 Å². The van der Waals surface area contributed by atoms with Crippen molar-refractivity contribution in [1.82, 2.24) is 4.31 Å². The van der Waals surface area contributed by atoms with E-state index in [1.807, 2.05) is 50.4 Å². The van der Waals surface area contributed by atoms with Gasteiger partial charge in [-0.3, -0.25) is 0 Å². The molecule has 3 aromatic carbocycles. The third-order valence-electron chi connectivity index (χ3n) is 7.14. The fourth-order valence-electron chi connectivity index (χ4n) is 5.50. The molecular formula is C26H27FN2O3S. The maximum absolute atomic E-state index is 13.9. The van der Waals surface area contributed by atoms with Gasteiger partial charge in [-0.2, -0.15) is 4.31 Å². The molecule has 172 valence electrons. The van der Waals surface area contributed by atoms with Crippen LogP contribution in [0, 0.1) is 18.7 Å². The number of sulfonamides is 1. The highest BCUT2D eigenvalue weighted by Crippen LogP contribution is 2.51. The molecule has 2 heterocycles. The monoisotopic (exact) mass is 466 g/mol. The normalized spacial score (nSPS) is 22.8. The Bertz CT molecular complexity index is 1310. The van der Waals surface area contributed by atoms with Gasteiger partial charge in [-0.15, -0.1) is 0 Å². The minimum absolute atomic E-state index is 0.0472. The molecule has 1 fully saturated rings. The molecule has 0 radical (unpaired) electrons. The number of nitrogens with zero attached hydrogens (tertiary/aromatic N) is 2. The minimum Gasteiger partial charge on any atom is -0.394 e. The van der Waals surface area contributed by atoms with Crippen molar-refractivity contribution in [2.24, 2.45) is 5.92 Å². The van der Waals surface area contributed by atoms with Crippen LogP contribution in [0.4, 0.5) is 10.1 Å². The molecule has 5 nitrogen and oxygen atoms in total. The highest BCUT2D eigenvalue weighted by atomic mass is 32.2. The maximum Gasteiger partial charge on any atom is 0.243 e. The number of aliphatic hydroxyl groups excluding tert-OH is 1. The van der Waals surface area contributed by atoms with Crippen LogP contribution in [0.3, 0.4) is 0 Å². The number of anilines is 1. The standard InChI is InChI=1S/C26H27FN2O3S/c1-17-6-3-4-9-25(17)33(31,32)29-13-12-21-24(16-30)28(2)23-11-10-19(15-22(23)26(21)29)18-7-5-8-20(27)14-18/h3-11,14-15,21,24,26,30H,12-13,16H2,1-2H3/t21-,24+,26-/m0/s1. The molecule has 5 rings (SSSR count). The Labute approximate surface area is 194 Å². The molecule has 0 aromatic heterocycles. The molecule has 3 atom stereocenters. The summed E-state index contributed by atoms with van der Waals surface area (Å²) in [4.78, 5) is 2.36. The molecule has 0 amide bonds. The topological polar surface area (TPSA) is 60.9 Å². The Hall–Kier alpha value is -2.74. The molecule has 2 aliphatic heterocycles. The van der Waals surface area contributed by atoms with Crippen LogP contribution in [0.2, 0.25) is 0 Å². The molecule has 0 bridgehead atoms. The number of hydrogen-bond donors (Lipinski definition) is 1. The fourth-order valence-corrected chi connectivity index (χ4v) is 7.39. The van der Waals surface area contributed by atoms with Gasteiger partial charge >= 0.3 is 0 Å². The van der Waals surface area contributed by atoms with Crippen molar-refractivity contribution in [3.63, 3.8) is 0 Å². The Morgan fingerprint density at radius 1 is 1.03 bits per heavy atom. The molecule has 0 spiro atoms. The van der Waals surface area contributed by atoms with Crippen molar-refractivity contribution < 1.29 is 17.9 Å². The Kier molecular flexibility index (Phi) is 5.51. The summed E-state index contributed by atoms with van der Waals surface area (Å²) in [6.45, 7) is 2.14. The van der Waals surface area contributed by atoms with E-state index in [9.17, 15) is 17.9 Å². The quantitative estimate of drug-likeness (QED) is 0.621. The second-order valence-electron chi connectivity index (χ2n) is 8.92. The Balaban J connectivity index is 1.67. The summed E-state index contributed by atoms with van der Waals surface area (Å²) in [5, 5.41) is 10.2. The lowest BCUT2D eigenvalue weighted by Crippen LogP contribution is -2.48. The summed E-state index contributed by atoms with van der Waals surface area (Å²) >= 11 is 0. The van der Waals surface area contributed by atoms with Crippen molar-refractivity contribution in [3.8, 4) is 11.1 Å². The van der Waals surface area contributed by atoms with E-state index in [4.69, 9.17) is 0 Å². The summed E-state index contributed by atoms with van der Waals surface area (Å²) in [7, 11) is -1.80. The highest BCUT2D eigenvalue weighted by Gasteiger charge is 2.50. The third-order valence-corrected chi connectivity index (χ3v) is 9.18. The van der Waals surface area contributed by atoms with Gasteiger partial charge in [-0.25, -0.2) is 12.8 Å². The summed E-state index contributed by atoms with van der Waals surface area (Å²) in [5.41, 5.74) is 4.07. The largest absolute Gasteiger partial charge is 0.394 e. The number of benzene rings is 3. The van der Waals surface area contributed by atoms with E-state index >= 15 is 0 Å². The minimum atomic E-state index is -3.74. The molecule has 1 saturated heterocycles. The SMILES string of the molecule is Cc1ccccc1S(=O)(=O)N1CC[C@H]2[C@@H](CO)N(C)c3ccc(-c4cccc(F)c4)cc3[C@H]21. The predicted molar refractivity (Wildman–Crippen MR) is 127 cm³/mol. The lowest BCUT2D eigenvalue weighted by Gasteiger charge is -2.44. The average Bonchev–Trinajstić information content (AvgIpc) is 3.25. The number of aliphatic hydroxyl groups is 1. The van der Waals surface area contributed by atoms with Crippen LogP contribution >= 0.6 is 0 Å². The van der Waals surface area contributed by atoms with Crippen LogP contribution in [0.15, 0.2) is 71.6 Å². The summed E-state index contributed by atoms with van der Waals surface area (Å²) < 4.78 is 43.1. The lowest BCUT2D eigenvalue weighted by molar-refractivity contribution is 0.193. The third kappa shape index (κ3) is 3.55. The zero-order valence-corrected chi connectivity index (χ0v) is 19.5. The number of likely N-dealkylation sites (N-methyl/N-ethyl adjacent to an activating group) is 1. The second kappa shape index (κ2) is 8.24. The first kappa shape index (κ1) is 22.1. The first-order chi connectivity index (χ1) is 15.8. The smallest absolute Gasteiger partial charge is 0.243 e. The number of rotatable bonds is 4. The summed E-state index contributed by atoms with van der Waals surface area (Å²) in [5.74, 6) is -0.362. The van der Waals surface area contributed by atoms with Crippen LogP contribution in [-0.2, 0) is 10.0 Å². The summed E-state index contributed by atoms with van der Waals surface area (Å²) in [6.07, 6.45) is 0.662. The van der Waals surface area contributed by atoms with Crippen molar-refractivity contribution >= 4 is 15.7 Å². The molecule has 0 saturated carbocycles. The Morgan fingerprint density at radius 3 is 2.52 bits per heavy atom. The first-order valence-electron chi connectivity index (χ1n) is 11.1. The predicted octanol–water partition coefficient (Wildman–Crippen LogP) is 4.36. The van der Waals surface area contributed by atoms with E-state index in [0.717, 1.165) is 22.4 Å². The van der Waals surface area contributed by atoms with E-state index < -0.39 is 16.1 Å². The van der Waals surface area contributed by atoms with Gasteiger partial charge in [0.1, 0.15) is 5.82 Å².